The highest BCUT2D eigenvalue weighted by Crippen LogP contribution is 2.29. The highest BCUT2D eigenvalue weighted by Gasteiger charge is 2.11. The van der Waals surface area contributed by atoms with Crippen LogP contribution in [-0.4, -0.2) is 15.9 Å². The Morgan fingerprint density at radius 2 is 1.73 bits per heavy atom. The molecule has 2 aromatic carbocycles. The Balaban J connectivity index is 1.69. The van der Waals surface area contributed by atoms with Crippen molar-refractivity contribution in [3.63, 3.8) is 0 Å². The van der Waals surface area contributed by atoms with Crippen LogP contribution in [0.25, 0.3) is 0 Å². The first-order valence-electron chi connectivity index (χ1n) is 7.41. The highest BCUT2D eigenvalue weighted by atomic mass is 35.5. The Morgan fingerprint density at radius 3 is 2.38 bits per heavy atom. The molecule has 3 aromatic rings. The van der Waals surface area contributed by atoms with Gasteiger partial charge in [-0.15, -0.1) is 0 Å². The molecule has 1 heterocycles. The lowest BCUT2D eigenvalue weighted by atomic mass is 10.2. The SMILES string of the molecule is N#Cc1ccc(Nc2ncc(C(=O)Nc3cccc(Cl)c3Cl)cn2)cc1. The number of amides is 1. The number of nitriles is 1. The van der Waals surface area contributed by atoms with E-state index in [2.05, 4.69) is 20.6 Å². The van der Waals surface area contributed by atoms with Crippen molar-refractivity contribution < 1.29 is 4.79 Å². The van der Waals surface area contributed by atoms with Gasteiger partial charge >= 0.3 is 0 Å². The lowest BCUT2D eigenvalue weighted by Crippen LogP contribution is -2.13. The van der Waals surface area contributed by atoms with E-state index >= 15 is 0 Å². The third-order valence-electron chi connectivity index (χ3n) is 3.38. The molecular weight excluding hydrogens is 373 g/mol. The number of hydrogen-bond donors (Lipinski definition) is 2. The second-order valence-corrected chi connectivity index (χ2v) is 5.95. The van der Waals surface area contributed by atoms with E-state index in [1.54, 1.807) is 42.5 Å². The fourth-order valence-corrected chi connectivity index (χ4v) is 2.41. The molecule has 0 saturated heterocycles. The molecule has 1 aromatic heterocycles. The number of aromatic nitrogens is 2. The summed E-state index contributed by atoms with van der Waals surface area (Å²) in [5.74, 6) is -0.0777. The molecule has 0 saturated carbocycles. The monoisotopic (exact) mass is 383 g/mol. The summed E-state index contributed by atoms with van der Waals surface area (Å²) < 4.78 is 0. The van der Waals surface area contributed by atoms with Crippen LogP contribution < -0.4 is 10.6 Å². The molecule has 2 N–H and O–H groups in total. The Labute approximate surface area is 159 Å². The molecule has 0 unspecified atom stereocenters. The lowest BCUT2D eigenvalue weighted by molar-refractivity contribution is 0.102. The molecule has 0 aliphatic rings. The van der Waals surface area contributed by atoms with E-state index < -0.39 is 5.91 Å². The Hall–Kier alpha value is -3.14. The first-order chi connectivity index (χ1) is 12.6. The van der Waals surface area contributed by atoms with Crippen molar-refractivity contribution >= 4 is 46.4 Å². The predicted molar refractivity (Wildman–Crippen MR) is 101 cm³/mol. The van der Waals surface area contributed by atoms with Gasteiger partial charge in [-0.3, -0.25) is 4.79 Å². The standard InChI is InChI=1S/C18H11Cl2N5O/c19-14-2-1-3-15(16(14)20)25-17(26)12-9-22-18(23-10-12)24-13-6-4-11(8-21)5-7-13/h1-7,9-10H,(H,25,26)(H,22,23,24). The number of carbonyl (C=O) groups excluding carboxylic acids is 1. The van der Waals surface area contributed by atoms with Gasteiger partial charge in [0.2, 0.25) is 5.95 Å². The summed E-state index contributed by atoms with van der Waals surface area (Å²) >= 11 is 12.0. The zero-order chi connectivity index (χ0) is 18.5. The molecule has 3 rings (SSSR count). The van der Waals surface area contributed by atoms with Crippen LogP contribution in [0.5, 0.6) is 0 Å². The van der Waals surface area contributed by atoms with Gasteiger partial charge in [0.25, 0.3) is 5.91 Å². The predicted octanol–water partition coefficient (Wildman–Crippen LogP) is 4.65. The van der Waals surface area contributed by atoms with Gasteiger partial charge in [0, 0.05) is 18.1 Å². The summed E-state index contributed by atoms with van der Waals surface area (Å²) in [5, 5.41) is 15.1. The molecule has 0 atom stereocenters. The van der Waals surface area contributed by atoms with E-state index in [1.807, 2.05) is 6.07 Å². The number of nitrogens with one attached hydrogen (secondary N) is 2. The van der Waals surface area contributed by atoms with Gasteiger partial charge in [0.15, 0.2) is 0 Å². The fraction of sp³-hybridized carbons (Fsp3) is 0. The number of anilines is 3. The van der Waals surface area contributed by atoms with Crippen LogP contribution in [-0.2, 0) is 0 Å². The van der Waals surface area contributed by atoms with E-state index in [4.69, 9.17) is 28.5 Å². The molecule has 1 amide bonds. The zero-order valence-electron chi connectivity index (χ0n) is 13.2. The highest BCUT2D eigenvalue weighted by molar-refractivity contribution is 6.44. The molecule has 0 aliphatic heterocycles. The maximum atomic E-state index is 12.3. The van der Waals surface area contributed by atoms with Gasteiger partial charge in [-0.1, -0.05) is 29.3 Å². The summed E-state index contributed by atoms with van der Waals surface area (Å²) in [6.45, 7) is 0. The van der Waals surface area contributed by atoms with Crippen molar-refractivity contribution in [2.75, 3.05) is 10.6 Å². The van der Waals surface area contributed by atoms with Crippen LogP contribution in [0.1, 0.15) is 15.9 Å². The normalized spacial score (nSPS) is 10.0. The quantitative estimate of drug-likeness (QED) is 0.683. The number of benzene rings is 2. The number of hydrogen-bond acceptors (Lipinski definition) is 5. The molecule has 0 radical (unpaired) electrons. The number of halogens is 2. The van der Waals surface area contributed by atoms with E-state index in [9.17, 15) is 4.79 Å². The van der Waals surface area contributed by atoms with Crippen LogP contribution in [0.2, 0.25) is 10.0 Å². The third-order valence-corrected chi connectivity index (χ3v) is 4.20. The summed E-state index contributed by atoms with van der Waals surface area (Å²) in [6, 6.07) is 13.8. The summed E-state index contributed by atoms with van der Waals surface area (Å²) in [4.78, 5) is 20.5. The van der Waals surface area contributed by atoms with Gasteiger partial charge in [-0.05, 0) is 36.4 Å². The van der Waals surface area contributed by atoms with Crippen molar-refractivity contribution in [3.8, 4) is 6.07 Å². The molecule has 0 fully saturated rings. The van der Waals surface area contributed by atoms with Crippen LogP contribution in [0.4, 0.5) is 17.3 Å². The van der Waals surface area contributed by atoms with Crippen LogP contribution in [0.3, 0.4) is 0 Å². The Kier molecular flexibility index (Phi) is 5.32. The smallest absolute Gasteiger partial charge is 0.258 e. The minimum Gasteiger partial charge on any atom is -0.324 e. The van der Waals surface area contributed by atoms with E-state index in [1.165, 1.54) is 12.4 Å². The van der Waals surface area contributed by atoms with Crippen molar-refractivity contribution in [3.05, 3.63) is 76.0 Å². The maximum absolute atomic E-state index is 12.3. The maximum Gasteiger partial charge on any atom is 0.258 e. The zero-order valence-corrected chi connectivity index (χ0v) is 14.7. The number of nitrogens with zero attached hydrogens (tertiary/aromatic N) is 3. The largest absolute Gasteiger partial charge is 0.324 e. The van der Waals surface area contributed by atoms with Gasteiger partial charge in [0.1, 0.15) is 0 Å². The van der Waals surface area contributed by atoms with E-state index in [0.717, 1.165) is 5.69 Å². The molecule has 0 spiro atoms. The van der Waals surface area contributed by atoms with Crippen LogP contribution in [0, 0.1) is 11.3 Å². The van der Waals surface area contributed by atoms with Crippen LogP contribution in [0.15, 0.2) is 54.9 Å². The molecular formula is C18H11Cl2N5O. The first-order valence-corrected chi connectivity index (χ1v) is 8.17. The number of rotatable bonds is 4. The second kappa shape index (κ2) is 7.83. The summed E-state index contributed by atoms with van der Waals surface area (Å²) in [5.41, 5.74) is 1.96. The summed E-state index contributed by atoms with van der Waals surface area (Å²) in [6.07, 6.45) is 2.79. The van der Waals surface area contributed by atoms with E-state index in [-0.39, 0.29) is 10.6 Å². The van der Waals surface area contributed by atoms with Gasteiger partial charge in [-0.25, -0.2) is 9.97 Å². The number of carbonyl (C=O) groups is 1. The Morgan fingerprint density at radius 1 is 1.04 bits per heavy atom. The molecule has 8 heteroatoms. The molecule has 26 heavy (non-hydrogen) atoms. The molecule has 0 aliphatic carbocycles. The van der Waals surface area contributed by atoms with Crippen molar-refractivity contribution in [2.24, 2.45) is 0 Å². The van der Waals surface area contributed by atoms with Crippen molar-refractivity contribution in [1.82, 2.24) is 9.97 Å². The first kappa shape index (κ1) is 17.7. The lowest BCUT2D eigenvalue weighted by Gasteiger charge is -2.08. The second-order valence-electron chi connectivity index (χ2n) is 5.17. The van der Waals surface area contributed by atoms with E-state index in [0.29, 0.717) is 22.2 Å². The third kappa shape index (κ3) is 4.09. The minimum atomic E-state index is -0.404. The van der Waals surface area contributed by atoms with Gasteiger partial charge in [0.05, 0.1) is 32.9 Å². The van der Waals surface area contributed by atoms with Crippen LogP contribution >= 0.6 is 23.2 Å². The average Bonchev–Trinajstić information content (AvgIpc) is 2.66. The average molecular weight is 384 g/mol. The van der Waals surface area contributed by atoms with Crippen molar-refractivity contribution in [1.29, 1.82) is 5.26 Å². The minimum absolute atomic E-state index is 0.266. The van der Waals surface area contributed by atoms with Crippen molar-refractivity contribution in [2.45, 2.75) is 0 Å². The molecule has 6 nitrogen and oxygen atoms in total. The van der Waals surface area contributed by atoms with Gasteiger partial charge < -0.3 is 10.6 Å². The topological polar surface area (TPSA) is 90.7 Å². The molecule has 0 bridgehead atoms. The van der Waals surface area contributed by atoms with Gasteiger partial charge in [-0.2, -0.15) is 5.26 Å². The Bertz CT molecular complexity index is 982. The summed E-state index contributed by atoms with van der Waals surface area (Å²) in [7, 11) is 0. The molecule has 128 valence electrons. The fourth-order valence-electron chi connectivity index (χ4n) is 2.06.